The van der Waals surface area contributed by atoms with E-state index in [4.69, 9.17) is 21.8 Å². The zero-order valence-corrected chi connectivity index (χ0v) is 12.9. The van der Waals surface area contributed by atoms with Gasteiger partial charge in [0.25, 0.3) is 0 Å². The van der Waals surface area contributed by atoms with E-state index < -0.39 is 34.4 Å². The molecule has 0 aliphatic rings. The van der Waals surface area contributed by atoms with Gasteiger partial charge in [0.05, 0.1) is 16.3 Å². The van der Waals surface area contributed by atoms with Gasteiger partial charge >= 0.3 is 11.9 Å². The second-order valence-corrected chi connectivity index (χ2v) is 6.66. The van der Waals surface area contributed by atoms with Crippen molar-refractivity contribution in [3.05, 3.63) is 27.7 Å². The van der Waals surface area contributed by atoms with Gasteiger partial charge in [-0.2, -0.15) is 4.72 Å². The standard InChI is InChI=1S/C10H9BrClNO6S/c11-6-3-5(1-2-7(6)12)20(18,19)13-8(10(16)17)4-9(14)15/h1-3,8,13H,4H2,(H,14,15)(H,16,17)/t8-/m0/s1. The topological polar surface area (TPSA) is 121 Å². The lowest BCUT2D eigenvalue weighted by Gasteiger charge is -2.13. The summed E-state index contributed by atoms with van der Waals surface area (Å²) in [6.07, 6.45) is -0.872. The largest absolute Gasteiger partial charge is 0.481 e. The van der Waals surface area contributed by atoms with Gasteiger partial charge < -0.3 is 10.2 Å². The molecule has 1 aromatic carbocycles. The van der Waals surface area contributed by atoms with Crippen LogP contribution in [0, 0.1) is 0 Å². The van der Waals surface area contributed by atoms with Gasteiger partial charge in [-0.05, 0) is 34.1 Å². The molecule has 0 aliphatic carbocycles. The first-order valence-electron chi connectivity index (χ1n) is 5.05. The quantitative estimate of drug-likeness (QED) is 0.678. The van der Waals surface area contributed by atoms with E-state index in [1.165, 1.54) is 18.2 Å². The Hall–Kier alpha value is -1.16. The molecule has 0 fully saturated rings. The fourth-order valence-electron chi connectivity index (χ4n) is 1.25. The highest BCUT2D eigenvalue weighted by molar-refractivity contribution is 9.10. The van der Waals surface area contributed by atoms with Crippen molar-refractivity contribution in [2.24, 2.45) is 0 Å². The highest BCUT2D eigenvalue weighted by Gasteiger charge is 2.27. The van der Waals surface area contributed by atoms with E-state index in [0.717, 1.165) is 0 Å². The number of hydrogen-bond acceptors (Lipinski definition) is 4. The number of benzene rings is 1. The molecule has 0 spiro atoms. The van der Waals surface area contributed by atoms with E-state index in [2.05, 4.69) is 15.9 Å². The molecule has 10 heteroatoms. The van der Waals surface area contributed by atoms with Gasteiger partial charge in [-0.25, -0.2) is 8.42 Å². The zero-order chi connectivity index (χ0) is 15.5. The minimum Gasteiger partial charge on any atom is -0.481 e. The van der Waals surface area contributed by atoms with Crippen LogP contribution in [0.2, 0.25) is 5.02 Å². The number of sulfonamides is 1. The summed E-state index contributed by atoms with van der Waals surface area (Å²) in [5.74, 6) is -3.01. The van der Waals surface area contributed by atoms with E-state index in [9.17, 15) is 18.0 Å². The van der Waals surface area contributed by atoms with Crippen molar-refractivity contribution in [2.75, 3.05) is 0 Å². The van der Waals surface area contributed by atoms with Crippen LogP contribution in [0.3, 0.4) is 0 Å². The SMILES string of the molecule is O=C(O)C[C@H](NS(=O)(=O)c1ccc(Cl)c(Br)c1)C(=O)O. The van der Waals surface area contributed by atoms with Gasteiger partial charge in [0.2, 0.25) is 10.0 Å². The Morgan fingerprint density at radius 2 is 1.95 bits per heavy atom. The number of hydrogen-bond donors (Lipinski definition) is 3. The first-order valence-corrected chi connectivity index (χ1v) is 7.71. The van der Waals surface area contributed by atoms with Crippen LogP contribution in [0.15, 0.2) is 27.6 Å². The Balaban J connectivity index is 3.06. The molecule has 0 aromatic heterocycles. The molecule has 1 atom stereocenters. The molecule has 0 amide bonds. The minimum atomic E-state index is -4.17. The summed E-state index contributed by atoms with van der Waals surface area (Å²) < 4.78 is 26.0. The summed E-state index contributed by atoms with van der Waals surface area (Å²) in [6.45, 7) is 0. The maximum Gasteiger partial charge on any atom is 0.322 e. The lowest BCUT2D eigenvalue weighted by molar-refractivity contribution is -0.145. The Bertz CT molecular complexity index is 647. The number of carboxylic acids is 2. The molecule has 0 aliphatic heterocycles. The minimum absolute atomic E-state index is 0.231. The molecule has 0 radical (unpaired) electrons. The van der Waals surface area contributed by atoms with Gasteiger partial charge in [-0.1, -0.05) is 11.6 Å². The highest BCUT2D eigenvalue weighted by Crippen LogP contribution is 2.25. The molecule has 0 bridgehead atoms. The van der Waals surface area contributed by atoms with E-state index in [0.29, 0.717) is 4.47 Å². The number of carboxylic acid groups (broad SMARTS) is 2. The molecule has 0 heterocycles. The molecule has 20 heavy (non-hydrogen) atoms. The van der Waals surface area contributed by atoms with Crippen LogP contribution in [0.4, 0.5) is 0 Å². The maximum atomic E-state index is 12.0. The molecule has 1 rings (SSSR count). The molecule has 7 nitrogen and oxygen atoms in total. The number of aliphatic carboxylic acids is 2. The smallest absolute Gasteiger partial charge is 0.322 e. The summed E-state index contributed by atoms with van der Waals surface area (Å²) in [5.41, 5.74) is 0. The fourth-order valence-corrected chi connectivity index (χ4v) is 3.12. The number of halogens is 2. The third-order valence-corrected chi connectivity index (χ3v) is 4.86. The summed E-state index contributed by atoms with van der Waals surface area (Å²) in [7, 11) is -4.17. The third-order valence-electron chi connectivity index (χ3n) is 2.18. The summed E-state index contributed by atoms with van der Waals surface area (Å²) in [5, 5.41) is 17.6. The normalized spacial score (nSPS) is 12.9. The summed E-state index contributed by atoms with van der Waals surface area (Å²) in [6, 6.07) is 1.92. The van der Waals surface area contributed by atoms with Crippen molar-refractivity contribution in [1.82, 2.24) is 4.72 Å². The van der Waals surface area contributed by atoms with Gasteiger partial charge in [-0.3, -0.25) is 9.59 Å². The van der Waals surface area contributed by atoms with Gasteiger partial charge in [0.15, 0.2) is 0 Å². The van der Waals surface area contributed by atoms with Crippen LogP contribution in [-0.2, 0) is 19.6 Å². The van der Waals surface area contributed by atoms with Crippen LogP contribution in [0.25, 0.3) is 0 Å². The van der Waals surface area contributed by atoms with Crippen molar-refractivity contribution in [3.8, 4) is 0 Å². The van der Waals surface area contributed by atoms with Crippen molar-refractivity contribution in [3.63, 3.8) is 0 Å². The maximum absolute atomic E-state index is 12.0. The van der Waals surface area contributed by atoms with Gasteiger partial charge in [0.1, 0.15) is 6.04 Å². The predicted molar refractivity (Wildman–Crippen MR) is 73.2 cm³/mol. The number of carbonyl (C=O) groups is 2. The molecule has 0 saturated carbocycles. The van der Waals surface area contributed by atoms with Crippen LogP contribution in [0.5, 0.6) is 0 Å². The van der Waals surface area contributed by atoms with E-state index in [1.54, 1.807) is 0 Å². The highest BCUT2D eigenvalue weighted by atomic mass is 79.9. The van der Waals surface area contributed by atoms with Crippen molar-refractivity contribution >= 4 is 49.5 Å². The predicted octanol–water partition coefficient (Wildman–Crippen LogP) is 1.31. The van der Waals surface area contributed by atoms with Crippen LogP contribution >= 0.6 is 27.5 Å². The fraction of sp³-hybridized carbons (Fsp3) is 0.200. The molecule has 0 saturated heterocycles. The second-order valence-electron chi connectivity index (χ2n) is 3.69. The summed E-state index contributed by atoms with van der Waals surface area (Å²) in [4.78, 5) is 21.1. The zero-order valence-electron chi connectivity index (χ0n) is 9.71. The Morgan fingerprint density at radius 1 is 1.35 bits per heavy atom. The van der Waals surface area contributed by atoms with Gasteiger partial charge in [-0.15, -0.1) is 0 Å². The lowest BCUT2D eigenvalue weighted by Crippen LogP contribution is -2.42. The first-order chi connectivity index (χ1) is 9.13. The number of rotatable bonds is 6. The second kappa shape index (κ2) is 6.53. The molecule has 3 N–H and O–H groups in total. The monoisotopic (exact) mass is 385 g/mol. The van der Waals surface area contributed by atoms with E-state index >= 15 is 0 Å². The Labute approximate surface area is 127 Å². The molecular weight excluding hydrogens is 378 g/mol. The average Bonchev–Trinajstić information content (AvgIpc) is 2.30. The van der Waals surface area contributed by atoms with Gasteiger partial charge in [0, 0.05) is 4.47 Å². The van der Waals surface area contributed by atoms with Crippen molar-refractivity contribution < 1.29 is 28.2 Å². The molecular formula is C10H9BrClNO6S. The van der Waals surface area contributed by atoms with Crippen LogP contribution in [0.1, 0.15) is 6.42 Å². The Morgan fingerprint density at radius 3 is 2.40 bits per heavy atom. The molecule has 0 unspecified atom stereocenters. The lowest BCUT2D eigenvalue weighted by atomic mass is 10.2. The average molecular weight is 387 g/mol. The number of nitrogens with one attached hydrogen (secondary N) is 1. The molecule has 1 aromatic rings. The van der Waals surface area contributed by atoms with Crippen molar-refractivity contribution in [1.29, 1.82) is 0 Å². The van der Waals surface area contributed by atoms with Crippen LogP contribution < -0.4 is 4.72 Å². The van der Waals surface area contributed by atoms with Crippen LogP contribution in [-0.4, -0.2) is 36.6 Å². The van der Waals surface area contributed by atoms with E-state index in [-0.39, 0.29) is 9.92 Å². The summed E-state index contributed by atoms with van der Waals surface area (Å²) >= 11 is 8.76. The molecule has 110 valence electrons. The third kappa shape index (κ3) is 4.44. The van der Waals surface area contributed by atoms with E-state index in [1.807, 2.05) is 4.72 Å². The van der Waals surface area contributed by atoms with Crippen molar-refractivity contribution in [2.45, 2.75) is 17.4 Å². The Kier molecular flexibility index (Phi) is 5.51. The first kappa shape index (κ1) is 16.9.